The van der Waals surface area contributed by atoms with Gasteiger partial charge in [-0.2, -0.15) is 0 Å². The summed E-state index contributed by atoms with van der Waals surface area (Å²) in [6.45, 7) is 0.804. The van der Waals surface area contributed by atoms with Crippen LogP contribution in [-0.4, -0.2) is 31.2 Å². The molecule has 1 saturated heterocycles. The highest BCUT2D eigenvalue weighted by Gasteiger charge is 2.29. The maximum Gasteiger partial charge on any atom is 0.323 e. The third-order valence-electron chi connectivity index (χ3n) is 2.60. The molecular formula is C12H15NO3. The molecule has 0 aliphatic carbocycles. The third-order valence-corrected chi connectivity index (χ3v) is 2.60. The Kier molecular flexibility index (Phi) is 3.12. The number of hydrogen-bond donors (Lipinski definition) is 2. The van der Waals surface area contributed by atoms with Crippen LogP contribution in [0, 0.1) is 0 Å². The highest BCUT2D eigenvalue weighted by molar-refractivity contribution is 5.76. The first-order valence-electron chi connectivity index (χ1n) is 5.76. The van der Waals surface area contributed by atoms with Gasteiger partial charge in [0.25, 0.3) is 0 Å². The van der Waals surface area contributed by atoms with Gasteiger partial charge in [0.15, 0.2) is 0 Å². The number of carbonyl (C=O) groups excluding carboxylic acids is 1. The van der Waals surface area contributed by atoms with Crippen molar-refractivity contribution in [3.63, 3.8) is 0 Å². The molecule has 1 fully saturated rings. The lowest BCUT2D eigenvalue weighted by atomic mass is 10.2. The zero-order valence-electron chi connectivity index (χ0n) is 9.89. The Hall–Kier alpha value is -1.39. The zero-order valence-corrected chi connectivity index (χ0v) is 8.89. The fraction of sp³-hybridized carbons (Fsp3) is 0.417. The Morgan fingerprint density at radius 1 is 1.56 bits per heavy atom. The Labute approximate surface area is 95.7 Å². The lowest BCUT2D eigenvalue weighted by Crippen LogP contribution is -2.32. The number of aliphatic hydroxyl groups excluding tert-OH is 1. The third kappa shape index (κ3) is 2.81. The Morgan fingerprint density at radius 3 is 3.06 bits per heavy atom. The molecule has 0 radical (unpaired) electrons. The maximum absolute atomic E-state index is 11.7. The lowest BCUT2D eigenvalue weighted by Gasteiger charge is -2.10. The van der Waals surface area contributed by atoms with Crippen LogP contribution >= 0.6 is 0 Å². The van der Waals surface area contributed by atoms with Crippen LogP contribution in [0.2, 0.25) is 0 Å². The summed E-state index contributed by atoms with van der Waals surface area (Å²) in [5.41, 5.74) is 0.965. The van der Waals surface area contributed by atoms with E-state index in [0.717, 1.165) is 5.56 Å². The van der Waals surface area contributed by atoms with Gasteiger partial charge in [-0.15, -0.1) is 0 Å². The number of aliphatic hydroxyl groups is 1. The smallest absolute Gasteiger partial charge is 0.323 e. The Morgan fingerprint density at radius 2 is 2.38 bits per heavy atom. The molecule has 4 nitrogen and oxygen atoms in total. The molecular weight excluding hydrogens is 206 g/mol. The second kappa shape index (κ2) is 5.09. The van der Waals surface area contributed by atoms with Gasteiger partial charge in [-0.05, 0) is 5.56 Å². The predicted molar refractivity (Wildman–Crippen MR) is 58.7 cm³/mol. The van der Waals surface area contributed by atoms with Crippen molar-refractivity contribution in [2.75, 3.05) is 6.54 Å². The Balaban J connectivity index is 1.78. The second-order valence-corrected chi connectivity index (χ2v) is 3.91. The average molecular weight is 222 g/mol. The summed E-state index contributed by atoms with van der Waals surface area (Å²) >= 11 is 0. The standard InChI is InChI=1S/C12H15NO3/c14-10-6-11(13-7-10)12(15)16-8-9-4-2-1-3-5-9/h1-5,10-11,13-14H,6-8H2/t10?,11-/m0/s1/i14D. The fourth-order valence-electron chi connectivity index (χ4n) is 1.71. The zero-order chi connectivity index (χ0) is 12.1. The second-order valence-electron chi connectivity index (χ2n) is 3.91. The summed E-state index contributed by atoms with van der Waals surface area (Å²) in [6, 6.07) is 9.19. The number of carbonyl (C=O) groups is 1. The van der Waals surface area contributed by atoms with Crippen LogP contribution in [0.5, 0.6) is 0 Å². The van der Waals surface area contributed by atoms with Crippen molar-refractivity contribution in [3.8, 4) is 0 Å². The van der Waals surface area contributed by atoms with Gasteiger partial charge in [0.05, 0.1) is 6.10 Å². The quantitative estimate of drug-likeness (QED) is 0.726. The number of β-amino-alcohol motifs (C(OH)–C–C–N with tert-alkyl or cyclic N) is 1. The van der Waals surface area contributed by atoms with Crippen molar-refractivity contribution in [1.82, 2.24) is 5.32 Å². The van der Waals surface area contributed by atoms with Crippen molar-refractivity contribution >= 4 is 5.97 Å². The van der Waals surface area contributed by atoms with Crippen molar-refractivity contribution < 1.29 is 14.6 Å². The highest BCUT2D eigenvalue weighted by Crippen LogP contribution is 2.09. The summed E-state index contributed by atoms with van der Waals surface area (Å²) in [4.78, 5) is 11.7. The van der Waals surface area contributed by atoms with Crippen LogP contribution in [0.3, 0.4) is 0 Å². The Bertz CT molecular complexity index is 371. The molecule has 16 heavy (non-hydrogen) atoms. The first kappa shape index (κ1) is 9.81. The van der Waals surface area contributed by atoms with E-state index in [0.29, 0.717) is 13.0 Å². The fourth-order valence-corrected chi connectivity index (χ4v) is 1.71. The summed E-state index contributed by atoms with van der Waals surface area (Å²) < 4.78 is 12.0. The minimum atomic E-state index is -0.353. The van der Waals surface area contributed by atoms with Crippen LogP contribution in [-0.2, 0) is 16.1 Å². The predicted octanol–water partition coefficient (Wildman–Crippen LogP) is 0.453. The van der Waals surface area contributed by atoms with Gasteiger partial charge in [0.1, 0.15) is 12.6 Å². The molecule has 2 rings (SSSR count). The van der Waals surface area contributed by atoms with Gasteiger partial charge >= 0.3 is 5.97 Å². The number of esters is 1. The largest absolute Gasteiger partial charge is 0.460 e. The van der Waals surface area contributed by atoms with E-state index < -0.39 is 0 Å². The van der Waals surface area contributed by atoms with Gasteiger partial charge in [0, 0.05) is 13.0 Å². The van der Waals surface area contributed by atoms with Gasteiger partial charge < -0.3 is 15.2 Å². The number of nitrogens with one attached hydrogen (secondary N) is 1. The van der Waals surface area contributed by atoms with Gasteiger partial charge in [0.2, 0.25) is 1.43 Å². The highest BCUT2D eigenvalue weighted by atomic mass is 16.5. The van der Waals surface area contributed by atoms with E-state index in [1.165, 1.54) is 0 Å². The molecule has 1 aliphatic rings. The van der Waals surface area contributed by atoms with Crippen LogP contribution in [0.4, 0.5) is 0 Å². The van der Waals surface area contributed by atoms with E-state index in [1.807, 2.05) is 30.3 Å². The number of benzene rings is 1. The van der Waals surface area contributed by atoms with Crippen molar-refractivity contribution in [1.29, 1.82) is 1.43 Å². The minimum absolute atomic E-state index is 0.218. The normalized spacial score (nSPS) is 25.1. The van der Waals surface area contributed by atoms with Crippen LogP contribution < -0.4 is 5.32 Å². The summed E-state index contributed by atoms with van der Waals surface area (Å²) in [6.07, 6.45) is 0.279. The van der Waals surface area contributed by atoms with Gasteiger partial charge in [-0.1, -0.05) is 30.3 Å². The summed E-state index contributed by atoms with van der Waals surface area (Å²) in [7, 11) is 0. The minimum Gasteiger partial charge on any atom is -0.460 e. The molecule has 0 bridgehead atoms. The molecule has 0 aromatic heterocycles. The maximum atomic E-state index is 11.7. The van der Waals surface area contributed by atoms with Gasteiger partial charge in [-0.25, -0.2) is 0 Å². The number of hydrogen-bond acceptors (Lipinski definition) is 4. The average Bonchev–Trinajstić information content (AvgIpc) is 2.86. The van der Waals surface area contributed by atoms with Crippen LogP contribution in [0.15, 0.2) is 30.3 Å². The molecule has 86 valence electrons. The van der Waals surface area contributed by atoms with E-state index in [-0.39, 0.29) is 24.7 Å². The van der Waals surface area contributed by atoms with Crippen LogP contribution in [0.25, 0.3) is 0 Å². The molecule has 2 N–H and O–H groups in total. The van der Waals surface area contributed by atoms with E-state index in [4.69, 9.17) is 6.17 Å². The first-order chi connectivity index (χ1) is 8.29. The molecule has 0 amide bonds. The molecule has 1 aromatic carbocycles. The van der Waals surface area contributed by atoms with E-state index in [1.54, 1.807) is 0 Å². The molecule has 1 aromatic rings. The van der Waals surface area contributed by atoms with Crippen LogP contribution in [0.1, 0.15) is 12.0 Å². The topological polar surface area (TPSA) is 58.6 Å². The van der Waals surface area contributed by atoms with Crippen molar-refractivity contribution in [2.24, 2.45) is 0 Å². The van der Waals surface area contributed by atoms with Crippen molar-refractivity contribution in [3.05, 3.63) is 35.9 Å². The molecule has 1 heterocycles. The number of rotatable bonds is 4. The molecule has 0 spiro atoms. The molecule has 1 unspecified atom stereocenters. The molecule has 2 atom stereocenters. The van der Waals surface area contributed by atoms with Gasteiger partial charge in [-0.3, -0.25) is 4.79 Å². The summed E-state index contributed by atoms with van der Waals surface area (Å²) in [5.74, 6) is -0.284. The SMILES string of the molecule is [2H]OC1CN[C@H](C(=O)OCc2ccccc2)C1. The summed E-state index contributed by atoms with van der Waals surface area (Å²) in [5, 5.41) is 7.41. The molecule has 1 aliphatic heterocycles. The van der Waals surface area contributed by atoms with Crippen molar-refractivity contribution in [2.45, 2.75) is 25.2 Å². The number of ether oxygens (including phenoxy) is 1. The monoisotopic (exact) mass is 222 g/mol. The first-order valence-corrected chi connectivity index (χ1v) is 5.35. The van der Waals surface area contributed by atoms with E-state index in [2.05, 4.69) is 10.4 Å². The molecule has 0 saturated carbocycles. The molecule has 4 heteroatoms. The lowest BCUT2D eigenvalue weighted by molar-refractivity contribution is -0.147. The van der Waals surface area contributed by atoms with E-state index in [9.17, 15) is 4.79 Å². The van der Waals surface area contributed by atoms with E-state index >= 15 is 0 Å².